The fourth-order valence-corrected chi connectivity index (χ4v) is 4.89. The van der Waals surface area contributed by atoms with Crippen LogP contribution in [0.2, 0.25) is 10.0 Å². The molecule has 3 aromatic rings. The quantitative estimate of drug-likeness (QED) is 0.450. The minimum atomic E-state index is -4.02. The Morgan fingerprint density at radius 2 is 1.70 bits per heavy atom. The molecular formula is C21H18Cl2N2O3S2. The van der Waals surface area contributed by atoms with Gasteiger partial charge in [-0.15, -0.1) is 11.8 Å². The highest BCUT2D eigenvalue weighted by molar-refractivity contribution is 7.98. The standard InChI is InChI=1S/C21H18Cl2N2O3S2/c1-29-17-7-5-6-15(12-17)24-21(26)14-25(16-10-11-19(22)20(23)13-16)30(27,28)18-8-3-2-4-9-18/h2-13H,14H2,1H3,(H,24,26). The number of nitrogens with one attached hydrogen (secondary N) is 1. The van der Waals surface area contributed by atoms with Crippen molar-refractivity contribution >= 4 is 62.3 Å². The molecule has 9 heteroatoms. The van der Waals surface area contributed by atoms with Crippen LogP contribution in [0.5, 0.6) is 0 Å². The summed E-state index contributed by atoms with van der Waals surface area (Å²) in [6.07, 6.45) is 1.93. The lowest BCUT2D eigenvalue weighted by atomic mass is 10.3. The Kier molecular flexibility index (Phi) is 7.31. The molecule has 0 unspecified atom stereocenters. The molecule has 0 spiro atoms. The molecule has 0 bridgehead atoms. The van der Waals surface area contributed by atoms with E-state index in [4.69, 9.17) is 23.2 Å². The molecule has 0 saturated carbocycles. The zero-order chi connectivity index (χ0) is 21.7. The summed E-state index contributed by atoms with van der Waals surface area (Å²) in [6.45, 7) is -0.432. The van der Waals surface area contributed by atoms with Crippen LogP contribution >= 0.6 is 35.0 Å². The zero-order valence-corrected chi connectivity index (χ0v) is 19.0. The van der Waals surface area contributed by atoms with Crippen LogP contribution in [0.25, 0.3) is 0 Å². The van der Waals surface area contributed by atoms with E-state index in [0.717, 1.165) is 9.20 Å². The molecule has 3 rings (SSSR count). The lowest BCUT2D eigenvalue weighted by molar-refractivity contribution is -0.114. The van der Waals surface area contributed by atoms with Crippen molar-refractivity contribution in [3.05, 3.63) is 82.8 Å². The van der Waals surface area contributed by atoms with Gasteiger partial charge in [0.05, 0.1) is 20.6 Å². The summed E-state index contributed by atoms with van der Waals surface area (Å²) < 4.78 is 27.6. The maximum Gasteiger partial charge on any atom is 0.264 e. The normalized spacial score (nSPS) is 11.2. The number of thioether (sulfide) groups is 1. The molecular weight excluding hydrogens is 463 g/mol. The smallest absolute Gasteiger partial charge is 0.264 e. The minimum Gasteiger partial charge on any atom is -0.324 e. The third-order valence-corrected chi connectivity index (χ3v) is 7.42. The van der Waals surface area contributed by atoms with Gasteiger partial charge in [-0.25, -0.2) is 8.42 Å². The van der Waals surface area contributed by atoms with Crippen molar-refractivity contribution in [1.29, 1.82) is 0 Å². The average molecular weight is 481 g/mol. The Hall–Kier alpha value is -2.19. The SMILES string of the molecule is CSc1cccc(NC(=O)CN(c2ccc(Cl)c(Cl)c2)S(=O)(=O)c2ccccc2)c1. The first-order valence-corrected chi connectivity index (χ1v) is 12.2. The predicted molar refractivity (Wildman–Crippen MR) is 124 cm³/mol. The van der Waals surface area contributed by atoms with Gasteiger partial charge in [0.1, 0.15) is 6.54 Å². The molecule has 0 atom stereocenters. The molecule has 5 nitrogen and oxygen atoms in total. The van der Waals surface area contributed by atoms with Gasteiger partial charge in [-0.1, -0.05) is 47.5 Å². The summed E-state index contributed by atoms with van der Waals surface area (Å²) in [5.74, 6) is -0.487. The largest absolute Gasteiger partial charge is 0.324 e. The highest BCUT2D eigenvalue weighted by atomic mass is 35.5. The number of sulfonamides is 1. The molecule has 1 N–H and O–H groups in total. The molecule has 0 aliphatic carbocycles. The Labute approximate surface area is 190 Å². The Balaban J connectivity index is 1.95. The van der Waals surface area contributed by atoms with E-state index in [2.05, 4.69) is 5.32 Å². The second kappa shape index (κ2) is 9.75. The molecule has 0 aliphatic heterocycles. The Bertz CT molecular complexity index is 1160. The van der Waals surface area contributed by atoms with Crippen molar-refractivity contribution < 1.29 is 13.2 Å². The third-order valence-electron chi connectivity index (χ3n) is 4.16. The van der Waals surface area contributed by atoms with Crippen LogP contribution in [0.15, 0.2) is 82.6 Å². The highest BCUT2D eigenvalue weighted by Gasteiger charge is 2.27. The van der Waals surface area contributed by atoms with Crippen molar-refractivity contribution in [2.75, 3.05) is 22.4 Å². The van der Waals surface area contributed by atoms with E-state index in [1.807, 2.05) is 24.5 Å². The van der Waals surface area contributed by atoms with E-state index in [1.54, 1.807) is 36.0 Å². The lowest BCUT2D eigenvalue weighted by Gasteiger charge is -2.24. The Morgan fingerprint density at radius 3 is 2.37 bits per heavy atom. The summed E-state index contributed by atoms with van der Waals surface area (Å²) in [5.41, 5.74) is 0.819. The number of amides is 1. The van der Waals surface area contributed by atoms with Gasteiger partial charge in [0.25, 0.3) is 10.0 Å². The number of benzene rings is 3. The maximum atomic E-state index is 13.3. The molecule has 0 saturated heterocycles. The van der Waals surface area contributed by atoms with E-state index >= 15 is 0 Å². The van der Waals surface area contributed by atoms with Gasteiger partial charge in [0.2, 0.25) is 5.91 Å². The average Bonchev–Trinajstić information content (AvgIpc) is 2.74. The van der Waals surface area contributed by atoms with E-state index in [1.165, 1.54) is 30.3 Å². The van der Waals surface area contributed by atoms with Gasteiger partial charge in [-0.05, 0) is 54.8 Å². The fraction of sp³-hybridized carbons (Fsp3) is 0.0952. The van der Waals surface area contributed by atoms with Crippen LogP contribution in [0, 0.1) is 0 Å². The molecule has 0 fully saturated rings. The highest BCUT2D eigenvalue weighted by Crippen LogP contribution is 2.30. The van der Waals surface area contributed by atoms with Crippen molar-refractivity contribution in [1.82, 2.24) is 0 Å². The first-order valence-electron chi connectivity index (χ1n) is 8.78. The van der Waals surface area contributed by atoms with Crippen molar-refractivity contribution in [3.63, 3.8) is 0 Å². The summed E-state index contributed by atoms with van der Waals surface area (Å²) in [5, 5.41) is 3.23. The van der Waals surface area contributed by atoms with Gasteiger partial charge in [-0.3, -0.25) is 9.10 Å². The molecule has 156 valence electrons. The first-order chi connectivity index (χ1) is 14.3. The maximum absolute atomic E-state index is 13.3. The first kappa shape index (κ1) is 22.5. The van der Waals surface area contributed by atoms with E-state index in [-0.39, 0.29) is 20.6 Å². The third kappa shape index (κ3) is 5.29. The van der Waals surface area contributed by atoms with Gasteiger partial charge < -0.3 is 5.32 Å². The van der Waals surface area contributed by atoms with Gasteiger partial charge >= 0.3 is 0 Å². The van der Waals surface area contributed by atoms with Crippen LogP contribution in [-0.2, 0) is 14.8 Å². The summed E-state index contributed by atoms with van der Waals surface area (Å²) in [6, 6.07) is 19.6. The number of hydrogen-bond acceptors (Lipinski definition) is 4. The molecule has 1 amide bonds. The van der Waals surface area contributed by atoms with Gasteiger partial charge in [0, 0.05) is 10.6 Å². The van der Waals surface area contributed by atoms with Crippen LogP contribution in [-0.4, -0.2) is 27.1 Å². The van der Waals surface area contributed by atoms with Gasteiger partial charge in [0.15, 0.2) is 0 Å². The second-order valence-electron chi connectivity index (χ2n) is 6.20. The molecule has 30 heavy (non-hydrogen) atoms. The number of nitrogens with zero attached hydrogens (tertiary/aromatic N) is 1. The fourth-order valence-electron chi connectivity index (χ4n) is 2.71. The van der Waals surface area contributed by atoms with Crippen molar-refractivity contribution in [2.45, 2.75) is 9.79 Å². The number of halogens is 2. The number of carbonyl (C=O) groups is 1. The van der Waals surface area contributed by atoms with Gasteiger partial charge in [-0.2, -0.15) is 0 Å². The lowest BCUT2D eigenvalue weighted by Crippen LogP contribution is -2.38. The summed E-state index contributed by atoms with van der Waals surface area (Å²) in [4.78, 5) is 13.8. The molecule has 3 aromatic carbocycles. The van der Waals surface area contributed by atoms with E-state index < -0.39 is 22.5 Å². The van der Waals surface area contributed by atoms with Crippen molar-refractivity contribution in [3.8, 4) is 0 Å². The molecule has 0 aliphatic rings. The summed E-state index contributed by atoms with van der Waals surface area (Å²) in [7, 11) is -4.02. The summed E-state index contributed by atoms with van der Waals surface area (Å²) >= 11 is 13.6. The topological polar surface area (TPSA) is 66.5 Å². The zero-order valence-electron chi connectivity index (χ0n) is 15.9. The van der Waals surface area contributed by atoms with Crippen LogP contribution in [0.1, 0.15) is 0 Å². The van der Waals surface area contributed by atoms with Crippen LogP contribution < -0.4 is 9.62 Å². The van der Waals surface area contributed by atoms with E-state index in [9.17, 15) is 13.2 Å². The minimum absolute atomic E-state index is 0.0632. The second-order valence-corrected chi connectivity index (χ2v) is 9.76. The number of rotatable bonds is 7. The molecule has 0 aromatic heterocycles. The molecule has 0 radical (unpaired) electrons. The Morgan fingerprint density at radius 1 is 0.967 bits per heavy atom. The van der Waals surface area contributed by atoms with Crippen LogP contribution in [0.4, 0.5) is 11.4 Å². The number of hydrogen-bond donors (Lipinski definition) is 1. The van der Waals surface area contributed by atoms with Crippen molar-refractivity contribution in [2.24, 2.45) is 0 Å². The predicted octanol–water partition coefficient (Wildman–Crippen LogP) is 5.55. The number of anilines is 2. The van der Waals surface area contributed by atoms with Crippen LogP contribution in [0.3, 0.4) is 0 Å². The van der Waals surface area contributed by atoms with E-state index in [0.29, 0.717) is 5.69 Å². The number of carbonyl (C=O) groups excluding carboxylic acids is 1. The molecule has 0 heterocycles. The monoisotopic (exact) mass is 480 g/mol.